The van der Waals surface area contributed by atoms with Gasteiger partial charge in [0.1, 0.15) is 5.54 Å². The van der Waals surface area contributed by atoms with Gasteiger partial charge in [0.15, 0.2) is 5.43 Å². The van der Waals surface area contributed by atoms with Crippen molar-refractivity contribution in [2.75, 3.05) is 32.9 Å². The van der Waals surface area contributed by atoms with Crippen LogP contribution in [0.2, 0.25) is 0 Å². The highest BCUT2D eigenvalue weighted by molar-refractivity contribution is 7.24. The quantitative estimate of drug-likeness (QED) is 0.474. The standard InChI is InChI=1S/C23H25NO4S/c1-3-28-22(26)23(2,24-10-12-27-13-11-24)15-16-8-9-18-20(14-16)29-19-7-5-4-6-17(19)21(18)25/h4-9,14H,3,10-13,15H2,1-2H3. The Hall–Kier alpha value is -2.28. The van der Waals surface area contributed by atoms with Crippen molar-refractivity contribution < 1.29 is 14.3 Å². The van der Waals surface area contributed by atoms with Gasteiger partial charge in [-0.3, -0.25) is 14.5 Å². The normalized spacial score (nSPS) is 17.3. The molecular formula is C23H25NO4S. The van der Waals surface area contributed by atoms with E-state index in [-0.39, 0.29) is 11.4 Å². The summed E-state index contributed by atoms with van der Waals surface area (Å²) < 4.78 is 12.8. The molecule has 1 saturated heterocycles. The molecule has 4 rings (SSSR count). The minimum Gasteiger partial charge on any atom is -0.465 e. The molecule has 1 atom stereocenters. The molecule has 0 N–H and O–H groups in total. The van der Waals surface area contributed by atoms with E-state index in [0.717, 1.165) is 25.7 Å². The van der Waals surface area contributed by atoms with Crippen LogP contribution in [0.25, 0.3) is 20.2 Å². The van der Waals surface area contributed by atoms with Gasteiger partial charge >= 0.3 is 5.97 Å². The average Bonchev–Trinajstić information content (AvgIpc) is 2.74. The van der Waals surface area contributed by atoms with Crippen LogP contribution < -0.4 is 5.43 Å². The number of benzene rings is 2. The molecule has 1 aliphatic rings. The van der Waals surface area contributed by atoms with E-state index >= 15 is 0 Å². The van der Waals surface area contributed by atoms with E-state index in [2.05, 4.69) is 4.90 Å². The van der Waals surface area contributed by atoms with E-state index < -0.39 is 5.54 Å². The van der Waals surface area contributed by atoms with Gasteiger partial charge in [-0.05, 0) is 43.7 Å². The number of hydrogen-bond acceptors (Lipinski definition) is 6. The number of carbonyl (C=O) groups excluding carboxylic acids is 1. The predicted octanol–water partition coefficient (Wildman–Crippen LogP) is 3.61. The Balaban J connectivity index is 1.74. The van der Waals surface area contributed by atoms with Gasteiger partial charge in [0, 0.05) is 39.7 Å². The fraction of sp³-hybridized carbons (Fsp3) is 0.391. The third kappa shape index (κ3) is 3.80. The molecule has 1 aromatic heterocycles. The first-order valence-electron chi connectivity index (χ1n) is 9.97. The molecule has 0 aliphatic carbocycles. The topological polar surface area (TPSA) is 55.8 Å². The van der Waals surface area contributed by atoms with Crippen LogP contribution in [0.15, 0.2) is 47.3 Å². The number of esters is 1. The van der Waals surface area contributed by atoms with E-state index in [1.54, 1.807) is 11.3 Å². The lowest BCUT2D eigenvalue weighted by Gasteiger charge is -2.41. The van der Waals surface area contributed by atoms with Crippen molar-refractivity contribution >= 4 is 37.5 Å². The summed E-state index contributed by atoms with van der Waals surface area (Å²) in [5.41, 5.74) is 0.308. The van der Waals surface area contributed by atoms with Crippen molar-refractivity contribution in [1.29, 1.82) is 0 Å². The van der Waals surface area contributed by atoms with Gasteiger partial charge in [-0.15, -0.1) is 11.3 Å². The number of nitrogens with zero attached hydrogens (tertiary/aromatic N) is 1. The van der Waals surface area contributed by atoms with Crippen LogP contribution in [0.5, 0.6) is 0 Å². The van der Waals surface area contributed by atoms with Crippen LogP contribution in [0.3, 0.4) is 0 Å². The molecule has 2 aromatic carbocycles. The van der Waals surface area contributed by atoms with Crippen molar-refractivity contribution in [3.8, 4) is 0 Å². The molecule has 0 bridgehead atoms. The molecule has 29 heavy (non-hydrogen) atoms. The summed E-state index contributed by atoms with van der Waals surface area (Å²) in [4.78, 5) is 27.9. The maximum atomic E-state index is 12.9. The van der Waals surface area contributed by atoms with Crippen LogP contribution in [-0.4, -0.2) is 49.3 Å². The molecule has 1 aliphatic heterocycles. The zero-order valence-corrected chi connectivity index (χ0v) is 17.6. The first-order valence-corrected chi connectivity index (χ1v) is 10.8. The number of ether oxygens (including phenoxy) is 2. The lowest BCUT2D eigenvalue weighted by Crippen LogP contribution is -2.58. The third-order valence-electron chi connectivity index (χ3n) is 5.61. The Kier molecular flexibility index (Phi) is 5.67. The monoisotopic (exact) mass is 411 g/mol. The summed E-state index contributed by atoms with van der Waals surface area (Å²) in [6.45, 7) is 6.74. The average molecular weight is 412 g/mol. The van der Waals surface area contributed by atoms with Gasteiger partial charge in [0.2, 0.25) is 0 Å². The maximum absolute atomic E-state index is 12.9. The summed E-state index contributed by atoms with van der Waals surface area (Å²) >= 11 is 1.61. The van der Waals surface area contributed by atoms with Gasteiger partial charge in [-0.2, -0.15) is 0 Å². The summed E-state index contributed by atoms with van der Waals surface area (Å²) in [6, 6.07) is 13.6. The highest BCUT2D eigenvalue weighted by Gasteiger charge is 2.41. The lowest BCUT2D eigenvalue weighted by atomic mass is 9.90. The van der Waals surface area contributed by atoms with Gasteiger partial charge in [0.05, 0.1) is 19.8 Å². The van der Waals surface area contributed by atoms with Crippen molar-refractivity contribution in [2.24, 2.45) is 0 Å². The van der Waals surface area contributed by atoms with E-state index in [0.29, 0.717) is 39.3 Å². The van der Waals surface area contributed by atoms with Crippen molar-refractivity contribution in [2.45, 2.75) is 25.8 Å². The molecule has 1 fully saturated rings. The van der Waals surface area contributed by atoms with Crippen molar-refractivity contribution in [1.82, 2.24) is 4.90 Å². The molecule has 0 radical (unpaired) electrons. The van der Waals surface area contributed by atoms with Gasteiger partial charge < -0.3 is 9.47 Å². The highest BCUT2D eigenvalue weighted by Crippen LogP contribution is 2.29. The molecule has 0 amide bonds. The predicted molar refractivity (Wildman–Crippen MR) is 117 cm³/mol. The van der Waals surface area contributed by atoms with Gasteiger partial charge in [-0.1, -0.05) is 18.2 Å². The molecule has 5 nitrogen and oxygen atoms in total. The zero-order chi connectivity index (χ0) is 20.4. The molecule has 6 heteroatoms. The first kappa shape index (κ1) is 20.0. The smallest absolute Gasteiger partial charge is 0.326 e. The highest BCUT2D eigenvalue weighted by atomic mass is 32.1. The summed E-state index contributed by atoms with van der Waals surface area (Å²) in [6.07, 6.45) is 0.523. The van der Waals surface area contributed by atoms with Crippen LogP contribution >= 0.6 is 11.3 Å². The Labute approximate surface area is 173 Å². The second-order valence-corrected chi connectivity index (χ2v) is 8.61. The largest absolute Gasteiger partial charge is 0.465 e. The second-order valence-electron chi connectivity index (χ2n) is 7.53. The minimum atomic E-state index is -0.769. The molecule has 2 heterocycles. The number of rotatable bonds is 5. The van der Waals surface area contributed by atoms with E-state index in [1.165, 1.54) is 0 Å². The first-order chi connectivity index (χ1) is 14.0. The Bertz CT molecular complexity index is 1100. The molecule has 0 spiro atoms. The van der Waals surface area contributed by atoms with Crippen LogP contribution in [0, 0.1) is 0 Å². The molecule has 0 saturated carbocycles. The zero-order valence-electron chi connectivity index (χ0n) is 16.8. The summed E-state index contributed by atoms with van der Waals surface area (Å²) in [7, 11) is 0. The second kappa shape index (κ2) is 8.22. The fourth-order valence-electron chi connectivity index (χ4n) is 4.01. The van der Waals surface area contributed by atoms with Crippen LogP contribution in [0.4, 0.5) is 0 Å². The number of morpholine rings is 1. The van der Waals surface area contributed by atoms with E-state index in [4.69, 9.17) is 9.47 Å². The molecule has 1 unspecified atom stereocenters. The summed E-state index contributed by atoms with van der Waals surface area (Å²) in [5, 5.41) is 1.48. The minimum absolute atomic E-state index is 0.0576. The Morgan fingerprint density at radius 1 is 1.14 bits per heavy atom. The molecule has 3 aromatic rings. The Morgan fingerprint density at radius 3 is 2.62 bits per heavy atom. The SMILES string of the molecule is CCOC(=O)C(C)(Cc1ccc2c(=O)c3ccccc3sc2c1)N1CCOCC1. The number of carbonyl (C=O) groups is 1. The third-order valence-corrected chi connectivity index (χ3v) is 6.75. The van der Waals surface area contributed by atoms with Crippen molar-refractivity contribution in [3.63, 3.8) is 0 Å². The van der Waals surface area contributed by atoms with E-state index in [1.807, 2.05) is 56.3 Å². The van der Waals surface area contributed by atoms with Crippen LogP contribution in [-0.2, 0) is 20.7 Å². The molecular weight excluding hydrogens is 386 g/mol. The number of hydrogen-bond donors (Lipinski definition) is 0. The molecule has 152 valence electrons. The van der Waals surface area contributed by atoms with E-state index in [9.17, 15) is 9.59 Å². The lowest BCUT2D eigenvalue weighted by molar-refractivity contribution is -0.159. The summed E-state index contributed by atoms with van der Waals surface area (Å²) in [5.74, 6) is -0.214. The van der Waals surface area contributed by atoms with Gasteiger partial charge in [-0.25, -0.2) is 0 Å². The fourth-order valence-corrected chi connectivity index (χ4v) is 5.14. The van der Waals surface area contributed by atoms with Crippen molar-refractivity contribution in [3.05, 3.63) is 58.3 Å². The van der Waals surface area contributed by atoms with Gasteiger partial charge in [0.25, 0.3) is 0 Å². The Morgan fingerprint density at radius 2 is 1.86 bits per heavy atom. The number of fused-ring (bicyclic) bond motifs is 2. The van der Waals surface area contributed by atoms with Crippen LogP contribution in [0.1, 0.15) is 19.4 Å². The maximum Gasteiger partial charge on any atom is 0.326 e.